The fraction of sp³-hybridized carbons (Fsp3) is 0.857. The van der Waals surface area contributed by atoms with Crippen LogP contribution in [0.2, 0.25) is 0 Å². The minimum atomic E-state index is -1.20. The first kappa shape index (κ1) is 17.7. The molecule has 2 N–H and O–H groups in total. The van der Waals surface area contributed by atoms with Gasteiger partial charge in [0.25, 0.3) is 0 Å². The van der Waals surface area contributed by atoms with Gasteiger partial charge in [-0.05, 0) is 33.1 Å². The lowest BCUT2D eigenvalue weighted by Crippen LogP contribution is -2.57. The van der Waals surface area contributed by atoms with Crippen molar-refractivity contribution in [2.45, 2.75) is 66.0 Å². The fourth-order valence-corrected chi connectivity index (χ4v) is 1.95. The molecule has 1 unspecified atom stereocenters. The van der Waals surface area contributed by atoms with E-state index in [0.717, 1.165) is 0 Å². The smallest absolute Gasteiger partial charge is 0.329 e. The Bertz CT molecular complexity index is 316. The number of amides is 2. The molecule has 0 saturated carbocycles. The molecule has 5 heteroatoms. The molecule has 112 valence electrons. The molecule has 0 saturated heterocycles. The maximum atomic E-state index is 12.3. The molecule has 0 bridgehead atoms. The van der Waals surface area contributed by atoms with Crippen molar-refractivity contribution in [1.82, 2.24) is 10.2 Å². The summed E-state index contributed by atoms with van der Waals surface area (Å²) in [6.07, 6.45) is 1.12. The summed E-state index contributed by atoms with van der Waals surface area (Å²) < 4.78 is 0. The first-order valence-corrected chi connectivity index (χ1v) is 6.96. The van der Waals surface area contributed by atoms with Gasteiger partial charge in [0.2, 0.25) is 0 Å². The van der Waals surface area contributed by atoms with Crippen LogP contribution in [0, 0.1) is 5.92 Å². The molecule has 0 aliphatic carbocycles. The maximum absolute atomic E-state index is 12.3. The zero-order valence-electron chi connectivity index (χ0n) is 13.0. The molecular weight excluding hydrogens is 244 g/mol. The Morgan fingerprint density at radius 1 is 1.26 bits per heavy atom. The molecule has 0 spiro atoms. The van der Waals surface area contributed by atoms with Crippen LogP contribution in [0.15, 0.2) is 0 Å². The third-order valence-corrected chi connectivity index (χ3v) is 3.05. The van der Waals surface area contributed by atoms with Crippen LogP contribution < -0.4 is 5.32 Å². The molecule has 19 heavy (non-hydrogen) atoms. The SMILES string of the molecule is CCCC(C)(NC(=O)N(CC(C)C)C(C)C)C(=O)O. The number of hydrogen-bond donors (Lipinski definition) is 2. The van der Waals surface area contributed by atoms with Crippen molar-refractivity contribution in [1.29, 1.82) is 0 Å². The van der Waals surface area contributed by atoms with Gasteiger partial charge in [0.1, 0.15) is 5.54 Å². The Morgan fingerprint density at radius 3 is 2.11 bits per heavy atom. The summed E-state index contributed by atoms with van der Waals surface area (Å²) in [7, 11) is 0. The van der Waals surface area contributed by atoms with Gasteiger partial charge in [-0.2, -0.15) is 0 Å². The summed E-state index contributed by atoms with van der Waals surface area (Å²) >= 11 is 0. The topological polar surface area (TPSA) is 69.6 Å². The molecule has 5 nitrogen and oxygen atoms in total. The fourth-order valence-electron chi connectivity index (χ4n) is 1.95. The van der Waals surface area contributed by atoms with E-state index in [4.69, 9.17) is 0 Å². The lowest BCUT2D eigenvalue weighted by atomic mass is 9.96. The van der Waals surface area contributed by atoms with E-state index in [1.165, 1.54) is 0 Å². The minimum absolute atomic E-state index is 0.0436. The predicted molar refractivity (Wildman–Crippen MR) is 76.2 cm³/mol. The first-order chi connectivity index (χ1) is 8.64. The molecule has 1 atom stereocenters. The van der Waals surface area contributed by atoms with E-state index in [-0.39, 0.29) is 12.1 Å². The molecule has 0 rings (SSSR count). The average molecular weight is 272 g/mol. The normalized spacial score (nSPS) is 14.3. The highest BCUT2D eigenvalue weighted by Gasteiger charge is 2.35. The quantitative estimate of drug-likeness (QED) is 0.748. The molecular formula is C14H28N2O3. The molecule has 2 amide bonds. The third-order valence-electron chi connectivity index (χ3n) is 3.05. The Morgan fingerprint density at radius 2 is 1.79 bits per heavy atom. The number of hydrogen-bond acceptors (Lipinski definition) is 2. The molecule has 0 aliphatic heterocycles. The van der Waals surface area contributed by atoms with E-state index < -0.39 is 11.5 Å². The second-order valence-corrected chi connectivity index (χ2v) is 5.96. The van der Waals surface area contributed by atoms with Crippen LogP contribution in [-0.4, -0.2) is 40.1 Å². The monoisotopic (exact) mass is 272 g/mol. The van der Waals surface area contributed by atoms with Gasteiger partial charge in [-0.3, -0.25) is 0 Å². The number of nitrogens with zero attached hydrogens (tertiary/aromatic N) is 1. The number of carbonyl (C=O) groups excluding carboxylic acids is 1. The molecule has 0 aromatic carbocycles. The number of urea groups is 1. The first-order valence-electron chi connectivity index (χ1n) is 6.96. The van der Waals surface area contributed by atoms with Crippen molar-refractivity contribution in [2.24, 2.45) is 5.92 Å². The van der Waals surface area contributed by atoms with Gasteiger partial charge in [-0.25, -0.2) is 9.59 Å². The van der Waals surface area contributed by atoms with Gasteiger partial charge in [-0.15, -0.1) is 0 Å². The average Bonchev–Trinajstić information content (AvgIpc) is 2.25. The highest BCUT2D eigenvalue weighted by atomic mass is 16.4. The zero-order chi connectivity index (χ0) is 15.2. The standard InChI is InChI=1S/C14H28N2O3/c1-7-8-14(6,12(17)18)15-13(19)16(11(4)5)9-10(2)3/h10-11H,7-9H2,1-6H3,(H,15,19)(H,17,18). The van der Waals surface area contributed by atoms with Gasteiger partial charge < -0.3 is 15.3 Å². The number of aliphatic carboxylic acids is 1. The molecule has 0 aromatic rings. The molecule has 0 aliphatic rings. The van der Waals surface area contributed by atoms with Crippen LogP contribution in [0.5, 0.6) is 0 Å². The third kappa shape index (κ3) is 5.49. The summed E-state index contributed by atoms with van der Waals surface area (Å²) in [6.45, 7) is 12.0. The lowest BCUT2D eigenvalue weighted by Gasteiger charge is -2.33. The highest BCUT2D eigenvalue weighted by Crippen LogP contribution is 2.14. The van der Waals surface area contributed by atoms with Gasteiger partial charge >= 0.3 is 12.0 Å². The van der Waals surface area contributed by atoms with Crippen LogP contribution in [0.4, 0.5) is 4.79 Å². The van der Waals surface area contributed by atoms with Gasteiger partial charge in [0.15, 0.2) is 0 Å². The molecule has 0 aromatic heterocycles. The van der Waals surface area contributed by atoms with Crippen LogP contribution in [0.1, 0.15) is 54.4 Å². The molecule has 0 heterocycles. The Hall–Kier alpha value is -1.26. The van der Waals surface area contributed by atoms with E-state index in [2.05, 4.69) is 5.32 Å². The zero-order valence-corrected chi connectivity index (χ0v) is 13.0. The maximum Gasteiger partial charge on any atom is 0.329 e. The van der Waals surface area contributed by atoms with Crippen molar-refractivity contribution in [3.8, 4) is 0 Å². The predicted octanol–water partition coefficient (Wildman–Crippen LogP) is 2.71. The lowest BCUT2D eigenvalue weighted by molar-refractivity contribution is -0.144. The van der Waals surface area contributed by atoms with Gasteiger partial charge in [0.05, 0.1) is 0 Å². The molecule has 0 radical (unpaired) electrons. The van der Waals surface area contributed by atoms with E-state index in [1.807, 2.05) is 34.6 Å². The summed E-state index contributed by atoms with van der Waals surface area (Å²) in [4.78, 5) is 25.3. The van der Waals surface area contributed by atoms with Crippen molar-refractivity contribution in [3.05, 3.63) is 0 Å². The van der Waals surface area contributed by atoms with Crippen LogP contribution in [0.3, 0.4) is 0 Å². The number of carboxylic acid groups (broad SMARTS) is 1. The van der Waals surface area contributed by atoms with Crippen molar-refractivity contribution < 1.29 is 14.7 Å². The van der Waals surface area contributed by atoms with E-state index in [9.17, 15) is 14.7 Å². The van der Waals surface area contributed by atoms with Crippen molar-refractivity contribution >= 4 is 12.0 Å². The molecule has 0 fully saturated rings. The highest BCUT2D eigenvalue weighted by molar-refractivity contribution is 5.86. The number of carboxylic acids is 1. The largest absolute Gasteiger partial charge is 0.480 e. The summed E-state index contributed by atoms with van der Waals surface area (Å²) in [5.41, 5.74) is -1.20. The Kier molecular flexibility index (Phi) is 6.87. The van der Waals surface area contributed by atoms with E-state index in [1.54, 1.807) is 11.8 Å². The van der Waals surface area contributed by atoms with Crippen molar-refractivity contribution in [2.75, 3.05) is 6.54 Å². The van der Waals surface area contributed by atoms with E-state index >= 15 is 0 Å². The number of rotatable bonds is 7. The van der Waals surface area contributed by atoms with Crippen LogP contribution >= 0.6 is 0 Å². The van der Waals surface area contributed by atoms with Crippen molar-refractivity contribution in [3.63, 3.8) is 0 Å². The summed E-state index contributed by atoms with van der Waals surface area (Å²) in [5, 5.41) is 11.9. The van der Waals surface area contributed by atoms with E-state index in [0.29, 0.717) is 25.3 Å². The van der Waals surface area contributed by atoms with Crippen LogP contribution in [0.25, 0.3) is 0 Å². The Balaban J connectivity index is 4.91. The second-order valence-electron chi connectivity index (χ2n) is 5.96. The number of carbonyl (C=O) groups is 2. The summed E-state index contributed by atoms with van der Waals surface area (Å²) in [5.74, 6) is -0.647. The Labute approximate surface area is 116 Å². The van der Waals surface area contributed by atoms with Gasteiger partial charge in [0, 0.05) is 12.6 Å². The number of nitrogens with one attached hydrogen (secondary N) is 1. The summed E-state index contributed by atoms with van der Waals surface area (Å²) in [6, 6.07) is -0.260. The van der Waals surface area contributed by atoms with Gasteiger partial charge in [-0.1, -0.05) is 27.2 Å². The minimum Gasteiger partial charge on any atom is -0.480 e. The second kappa shape index (κ2) is 7.36. The van der Waals surface area contributed by atoms with Crippen LogP contribution in [-0.2, 0) is 4.79 Å².